The third kappa shape index (κ3) is 6.63. The number of rotatable bonds is 6. The molecule has 21 heavy (non-hydrogen) atoms. The first kappa shape index (κ1) is 20.8. The normalized spacial score (nSPS) is 21.9. The molecule has 1 rings (SSSR count). The average molecular weight is 429 g/mol. The number of hydrogen-bond donors (Lipinski definition) is 1. The zero-order valence-electron chi connectivity index (χ0n) is 13.4. The molecule has 1 saturated heterocycles. The Hall–Kier alpha value is -0.180. The van der Waals surface area contributed by atoms with Crippen LogP contribution in [-0.2, 0) is 9.53 Å². The van der Waals surface area contributed by atoms with Gasteiger partial charge in [0.15, 0.2) is 5.96 Å². The Kier molecular flexibility index (Phi) is 11.3. The van der Waals surface area contributed by atoms with Crippen molar-refractivity contribution >= 4 is 47.7 Å². The van der Waals surface area contributed by atoms with Crippen molar-refractivity contribution in [3.8, 4) is 0 Å². The van der Waals surface area contributed by atoms with Crippen molar-refractivity contribution in [1.82, 2.24) is 10.2 Å². The van der Waals surface area contributed by atoms with E-state index in [1.165, 1.54) is 7.11 Å². The number of guanidine groups is 1. The van der Waals surface area contributed by atoms with Gasteiger partial charge in [0.05, 0.1) is 13.0 Å². The van der Waals surface area contributed by atoms with E-state index in [0.717, 1.165) is 37.8 Å². The van der Waals surface area contributed by atoms with E-state index < -0.39 is 0 Å². The topological polar surface area (TPSA) is 53.9 Å². The second kappa shape index (κ2) is 11.4. The molecule has 0 bridgehead atoms. The molecule has 0 amide bonds. The van der Waals surface area contributed by atoms with Crippen molar-refractivity contribution in [2.45, 2.75) is 20.3 Å². The van der Waals surface area contributed by atoms with Gasteiger partial charge in [0, 0.05) is 26.2 Å². The van der Waals surface area contributed by atoms with Gasteiger partial charge in [0.1, 0.15) is 0 Å². The molecule has 0 radical (unpaired) electrons. The molecule has 5 nitrogen and oxygen atoms in total. The molecule has 2 unspecified atom stereocenters. The molecular formula is C14H28IN3O2S. The molecule has 124 valence electrons. The van der Waals surface area contributed by atoms with Crippen molar-refractivity contribution in [3.63, 3.8) is 0 Å². The molecule has 0 aromatic heterocycles. The molecule has 0 aliphatic carbocycles. The number of esters is 1. The third-order valence-electron chi connectivity index (χ3n) is 3.52. The quantitative estimate of drug-likeness (QED) is 0.230. The highest BCUT2D eigenvalue weighted by Gasteiger charge is 2.36. The van der Waals surface area contributed by atoms with Crippen LogP contribution in [-0.4, -0.2) is 62.1 Å². The predicted octanol–water partition coefficient (Wildman–Crippen LogP) is 2.06. The van der Waals surface area contributed by atoms with E-state index in [1.54, 1.807) is 0 Å². The molecule has 0 aromatic rings. The Bertz CT molecular complexity index is 342. The number of methoxy groups -OCH3 is 1. The minimum absolute atomic E-state index is 0. The summed E-state index contributed by atoms with van der Waals surface area (Å²) in [5, 5.41) is 3.32. The summed E-state index contributed by atoms with van der Waals surface area (Å²) in [6.45, 7) is 7.38. The van der Waals surface area contributed by atoms with Crippen LogP contribution in [0.4, 0.5) is 0 Å². The number of likely N-dealkylation sites (tertiary alicyclic amines) is 1. The lowest BCUT2D eigenvalue weighted by Crippen LogP contribution is -2.40. The summed E-state index contributed by atoms with van der Waals surface area (Å²) in [6.07, 6.45) is 3.19. The first-order chi connectivity index (χ1) is 9.63. The summed E-state index contributed by atoms with van der Waals surface area (Å²) in [6, 6.07) is 0. The van der Waals surface area contributed by atoms with E-state index in [-0.39, 0.29) is 35.9 Å². The Labute approximate surface area is 149 Å². The number of halogens is 1. The van der Waals surface area contributed by atoms with Gasteiger partial charge in [-0.2, -0.15) is 11.8 Å². The van der Waals surface area contributed by atoms with Gasteiger partial charge in [-0.25, -0.2) is 0 Å². The van der Waals surface area contributed by atoms with E-state index in [0.29, 0.717) is 12.5 Å². The maximum Gasteiger partial charge on any atom is 0.310 e. The lowest BCUT2D eigenvalue weighted by Gasteiger charge is -2.21. The highest BCUT2D eigenvalue weighted by molar-refractivity contribution is 14.0. The molecule has 1 heterocycles. The van der Waals surface area contributed by atoms with Crippen LogP contribution in [0.15, 0.2) is 4.99 Å². The zero-order chi connectivity index (χ0) is 15.0. The number of carbonyl (C=O) groups is 1. The number of thioether (sulfide) groups is 1. The van der Waals surface area contributed by atoms with Crippen LogP contribution in [0.25, 0.3) is 0 Å². The van der Waals surface area contributed by atoms with E-state index in [2.05, 4.69) is 35.3 Å². The van der Waals surface area contributed by atoms with Crippen LogP contribution in [0.1, 0.15) is 20.3 Å². The summed E-state index contributed by atoms with van der Waals surface area (Å²) >= 11 is 1.84. The van der Waals surface area contributed by atoms with Crippen LogP contribution < -0.4 is 5.32 Å². The van der Waals surface area contributed by atoms with Crippen LogP contribution in [0.3, 0.4) is 0 Å². The van der Waals surface area contributed by atoms with E-state index in [4.69, 9.17) is 4.74 Å². The zero-order valence-corrected chi connectivity index (χ0v) is 16.6. The van der Waals surface area contributed by atoms with Gasteiger partial charge in [-0.1, -0.05) is 6.92 Å². The molecule has 7 heteroatoms. The van der Waals surface area contributed by atoms with Crippen molar-refractivity contribution < 1.29 is 9.53 Å². The van der Waals surface area contributed by atoms with Crippen molar-refractivity contribution in [2.24, 2.45) is 16.8 Å². The molecule has 0 saturated carbocycles. The minimum atomic E-state index is -0.113. The lowest BCUT2D eigenvalue weighted by molar-refractivity contribution is -0.145. The maximum atomic E-state index is 11.7. The molecule has 1 fully saturated rings. The van der Waals surface area contributed by atoms with Gasteiger partial charge in [0.2, 0.25) is 0 Å². The van der Waals surface area contributed by atoms with Gasteiger partial charge < -0.3 is 15.0 Å². The Morgan fingerprint density at radius 3 is 2.76 bits per heavy atom. The van der Waals surface area contributed by atoms with Crippen molar-refractivity contribution in [2.75, 3.05) is 45.3 Å². The highest BCUT2D eigenvalue weighted by atomic mass is 127. The summed E-state index contributed by atoms with van der Waals surface area (Å²) in [5.74, 6) is 2.20. The molecular weight excluding hydrogens is 401 g/mol. The lowest BCUT2D eigenvalue weighted by atomic mass is 9.99. The Balaban J connectivity index is 0.00000400. The third-order valence-corrected chi connectivity index (χ3v) is 4.22. The van der Waals surface area contributed by atoms with Gasteiger partial charge >= 0.3 is 5.97 Å². The van der Waals surface area contributed by atoms with Gasteiger partial charge in [-0.05, 0) is 31.3 Å². The fourth-order valence-electron chi connectivity index (χ4n) is 2.42. The number of ether oxygens (including phenoxy) is 1. The standard InChI is InChI=1S/C14H27N3O2S.HI/c1-5-15-14(16-7-6-8-20-4)17-9-11(2)12(10-17)13(18)19-3;/h11-12H,5-10H2,1-4H3,(H,15,16);1H. The predicted molar refractivity (Wildman–Crippen MR) is 101 cm³/mol. The van der Waals surface area contributed by atoms with Gasteiger partial charge in [-0.3, -0.25) is 9.79 Å². The molecule has 1 aliphatic heterocycles. The molecule has 1 N–H and O–H groups in total. The maximum absolute atomic E-state index is 11.7. The van der Waals surface area contributed by atoms with Crippen molar-refractivity contribution in [1.29, 1.82) is 0 Å². The largest absolute Gasteiger partial charge is 0.469 e. The van der Waals surface area contributed by atoms with Crippen LogP contribution in [0.5, 0.6) is 0 Å². The molecule has 0 spiro atoms. The van der Waals surface area contributed by atoms with Gasteiger partial charge in [0.25, 0.3) is 0 Å². The van der Waals surface area contributed by atoms with E-state index in [9.17, 15) is 4.79 Å². The SMILES string of the molecule is CCNC(=NCCCSC)N1CC(C)C(C(=O)OC)C1.I. The van der Waals surface area contributed by atoms with Crippen LogP contribution in [0.2, 0.25) is 0 Å². The average Bonchev–Trinajstić information content (AvgIpc) is 2.83. The minimum Gasteiger partial charge on any atom is -0.469 e. The van der Waals surface area contributed by atoms with Crippen molar-refractivity contribution in [3.05, 3.63) is 0 Å². The number of nitrogens with one attached hydrogen (secondary N) is 1. The highest BCUT2D eigenvalue weighted by Crippen LogP contribution is 2.24. The fraction of sp³-hybridized carbons (Fsp3) is 0.857. The monoisotopic (exact) mass is 429 g/mol. The van der Waals surface area contributed by atoms with Crippen LogP contribution in [0, 0.1) is 11.8 Å². The fourth-order valence-corrected chi connectivity index (χ4v) is 2.84. The second-order valence-corrected chi connectivity index (χ2v) is 6.08. The summed E-state index contributed by atoms with van der Waals surface area (Å²) < 4.78 is 4.88. The second-order valence-electron chi connectivity index (χ2n) is 5.09. The number of hydrogen-bond acceptors (Lipinski definition) is 4. The Morgan fingerprint density at radius 1 is 1.48 bits per heavy atom. The number of aliphatic imine (C=N–C) groups is 1. The van der Waals surface area contributed by atoms with E-state index >= 15 is 0 Å². The number of carbonyl (C=O) groups excluding carboxylic acids is 1. The van der Waals surface area contributed by atoms with E-state index in [1.807, 2.05) is 11.8 Å². The number of nitrogens with zero attached hydrogens (tertiary/aromatic N) is 2. The molecule has 1 aliphatic rings. The Morgan fingerprint density at radius 2 is 2.19 bits per heavy atom. The van der Waals surface area contributed by atoms with Crippen LogP contribution >= 0.6 is 35.7 Å². The first-order valence-corrected chi connectivity index (χ1v) is 8.63. The first-order valence-electron chi connectivity index (χ1n) is 7.24. The summed E-state index contributed by atoms with van der Waals surface area (Å²) in [4.78, 5) is 18.6. The van der Waals surface area contributed by atoms with Gasteiger partial charge in [-0.15, -0.1) is 24.0 Å². The molecule has 0 aromatic carbocycles. The molecule has 2 atom stereocenters. The smallest absolute Gasteiger partial charge is 0.310 e. The summed E-state index contributed by atoms with van der Waals surface area (Å²) in [5.41, 5.74) is 0. The summed E-state index contributed by atoms with van der Waals surface area (Å²) in [7, 11) is 1.46.